The quantitative estimate of drug-likeness (QED) is 0.899. The van der Waals surface area contributed by atoms with E-state index in [1.165, 1.54) is 12.1 Å². The summed E-state index contributed by atoms with van der Waals surface area (Å²) in [7, 11) is 0. The van der Waals surface area contributed by atoms with Gasteiger partial charge in [0.15, 0.2) is 0 Å². The van der Waals surface area contributed by atoms with Gasteiger partial charge in [0.05, 0.1) is 12.7 Å². The van der Waals surface area contributed by atoms with Crippen LogP contribution in [0.5, 0.6) is 0 Å². The van der Waals surface area contributed by atoms with Crippen molar-refractivity contribution in [2.45, 2.75) is 19.6 Å². The molecule has 106 valence electrons. The normalized spacial score (nSPS) is 20.7. The molecule has 1 aliphatic heterocycles. The van der Waals surface area contributed by atoms with E-state index in [9.17, 15) is 4.39 Å². The molecule has 0 amide bonds. The zero-order valence-electron chi connectivity index (χ0n) is 11.2. The van der Waals surface area contributed by atoms with Crippen LogP contribution in [-0.2, 0) is 11.3 Å². The van der Waals surface area contributed by atoms with E-state index in [0.29, 0.717) is 11.6 Å². The second-order valence-electron chi connectivity index (χ2n) is 4.79. The monoisotopic (exact) mass is 286 g/mol. The van der Waals surface area contributed by atoms with Crippen molar-refractivity contribution in [3.05, 3.63) is 34.6 Å². The number of hydrogen-bond acceptors (Lipinski definition) is 3. The van der Waals surface area contributed by atoms with Crippen LogP contribution in [0.15, 0.2) is 18.2 Å². The average Bonchev–Trinajstić information content (AvgIpc) is 2.38. The molecule has 1 atom stereocenters. The van der Waals surface area contributed by atoms with Crippen LogP contribution in [0.2, 0.25) is 5.02 Å². The largest absolute Gasteiger partial charge is 0.374 e. The summed E-state index contributed by atoms with van der Waals surface area (Å²) in [6.45, 7) is 7.32. The lowest BCUT2D eigenvalue weighted by molar-refractivity contribution is -0.0253. The number of halogens is 2. The van der Waals surface area contributed by atoms with E-state index >= 15 is 0 Å². The third-order valence-corrected chi connectivity index (χ3v) is 3.51. The fourth-order valence-electron chi connectivity index (χ4n) is 2.28. The van der Waals surface area contributed by atoms with Crippen molar-refractivity contribution in [3.8, 4) is 0 Å². The zero-order valence-corrected chi connectivity index (χ0v) is 11.9. The summed E-state index contributed by atoms with van der Waals surface area (Å²) >= 11 is 5.82. The zero-order chi connectivity index (χ0) is 13.7. The molecule has 1 aromatic rings. The number of benzene rings is 1. The molecule has 1 aliphatic rings. The summed E-state index contributed by atoms with van der Waals surface area (Å²) in [4.78, 5) is 2.37. The van der Waals surface area contributed by atoms with Crippen LogP contribution in [0.1, 0.15) is 12.5 Å². The molecular formula is C14H20ClFN2O. The van der Waals surface area contributed by atoms with E-state index < -0.39 is 0 Å². The van der Waals surface area contributed by atoms with E-state index in [-0.39, 0.29) is 11.9 Å². The molecule has 0 bridgehead atoms. The highest BCUT2D eigenvalue weighted by Crippen LogP contribution is 2.14. The Morgan fingerprint density at radius 3 is 3.05 bits per heavy atom. The fourth-order valence-corrected chi connectivity index (χ4v) is 2.53. The summed E-state index contributed by atoms with van der Waals surface area (Å²) in [6.07, 6.45) is 0.206. The second kappa shape index (κ2) is 7.20. The van der Waals surface area contributed by atoms with Gasteiger partial charge in [0.1, 0.15) is 5.82 Å². The number of likely N-dealkylation sites (N-methyl/N-ethyl adjacent to an activating group) is 1. The van der Waals surface area contributed by atoms with Gasteiger partial charge < -0.3 is 10.1 Å². The molecule has 1 unspecified atom stereocenters. The number of ether oxygens (including phenoxy) is 1. The van der Waals surface area contributed by atoms with Crippen molar-refractivity contribution in [2.75, 3.05) is 32.8 Å². The maximum absolute atomic E-state index is 13.2. The van der Waals surface area contributed by atoms with Crippen molar-refractivity contribution >= 4 is 11.6 Å². The maximum Gasteiger partial charge on any atom is 0.125 e. The molecule has 0 radical (unpaired) electrons. The Morgan fingerprint density at radius 2 is 2.32 bits per heavy atom. The minimum Gasteiger partial charge on any atom is -0.374 e. The van der Waals surface area contributed by atoms with Crippen molar-refractivity contribution in [2.24, 2.45) is 0 Å². The summed E-state index contributed by atoms with van der Waals surface area (Å²) in [5, 5.41) is 3.73. The molecule has 1 fully saturated rings. The first-order valence-corrected chi connectivity index (χ1v) is 7.05. The number of hydrogen-bond donors (Lipinski definition) is 1. The van der Waals surface area contributed by atoms with Gasteiger partial charge in [0, 0.05) is 31.2 Å². The van der Waals surface area contributed by atoms with Crippen LogP contribution in [0.3, 0.4) is 0 Å². The lowest BCUT2D eigenvalue weighted by Crippen LogP contribution is -2.46. The number of rotatable bonds is 5. The average molecular weight is 287 g/mol. The van der Waals surface area contributed by atoms with Crippen molar-refractivity contribution < 1.29 is 9.13 Å². The predicted molar refractivity (Wildman–Crippen MR) is 75.0 cm³/mol. The third-order valence-electron chi connectivity index (χ3n) is 3.29. The van der Waals surface area contributed by atoms with Gasteiger partial charge in [-0.1, -0.05) is 18.5 Å². The van der Waals surface area contributed by atoms with Gasteiger partial charge in [-0.15, -0.1) is 0 Å². The number of morpholine rings is 1. The van der Waals surface area contributed by atoms with Crippen LogP contribution in [0.25, 0.3) is 0 Å². The minimum absolute atomic E-state index is 0.206. The van der Waals surface area contributed by atoms with E-state index in [4.69, 9.17) is 16.3 Å². The predicted octanol–water partition coefficient (Wildman–Crippen LogP) is 2.29. The van der Waals surface area contributed by atoms with E-state index in [1.54, 1.807) is 6.07 Å². The Kier molecular flexibility index (Phi) is 5.58. The highest BCUT2D eigenvalue weighted by molar-refractivity contribution is 6.30. The fraction of sp³-hybridized carbons (Fsp3) is 0.571. The Bertz CT molecular complexity index is 396. The van der Waals surface area contributed by atoms with Gasteiger partial charge in [-0.3, -0.25) is 4.90 Å². The first kappa shape index (κ1) is 14.7. The van der Waals surface area contributed by atoms with E-state index in [2.05, 4.69) is 17.1 Å². The van der Waals surface area contributed by atoms with Crippen molar-refractivity contribution in [1.29, 1.82) is 0 Å². The molecule has 0 saturated carbocycles. The van der Waals surface area contributed by atoms with Gasteiger partial charge in [0.25, 0.3) is 0 Å². The SMILES string of the molecule is CCN1CCOC(CNCc2cc(F)cc(Cl)c2)C1. The topological polar surface area (TPSA) is 24.5 Å². The molecule has 0 aromatic heterocycles. The second-order valence-corrected chi connectivity index (χ2v) is 5.23. The highest BCUT2D eigenvalue weighted by atomic mass is 35.5. The van der Waals surface area contributed by atoms with Crippen LogP contribution in [-0.4, -0.2) is 43.8 Å². The lowest BCUT2D eigenvalue weighted by Gasteiger charge is -2.32. The molecule has 5 heteroatoms. The summed E-state index contributed by atoms with van der Waals surface area (Å²) in [5.41, 5.74) is 0.855. The summed E-state index contributed by atoms with van der Waals surface area (Å²) in [5.74, 6) is -0.296. The molecule has 0 aliphatic carbocycles. The molecule has 1 heterocycles. The lowest BCUT2D eigenvalue weighted by atomic mass is 10.2. The first-order chi connectivity index (χ1) is 9.17. The number of nitrogens with zero attached hydrogens (tertiary/aromatic N) is 1. The Hall–Kier alpha value is -0.680. The van der Waals surface area contributed by atoms with Crippen LogP contribution in [0.4, 0.5) is 4.39 Å². The Morgan fingerprint density at radius 1 is 1.47 bits per heavy atom. The van der Waals surface area contributed by atoms with Crippen LogP contribution < -0.4 is 5.32 Å². The summed E-state index contributed by atoms with van der Waals surface area (Å²) < 4.78 is 18.9. The molecule has 3 nitrogen and oxygen atoms in total. The smallest absolute Gasteiger partial charge is 0.125 e. The third kappa shape index (κ3) is 4.73. The van der Waals surface area contributed by atoms with E-state index in [0.717, 1.165) is 38.3 Å². The van der Waals surface area contributed by atoms with Gasteiger partial charge in [-0.2, -0.15) is 0 Å². The number of nitrogens with one attached hydrogen (secondary N) is 1. The standard InChI is InChI=1S/C14H20ClFN2O/c1-2-18-3-4-19-14(10-18)9-17-8-11-5-12(15)7-13(16)6-11/h5-7,14,17H,2-4,8-10H2,1H3. The van der Waals surface area contributed by atoms with Gasteiger partial charge in [-0.05, 0) is 30.3 Å². The first-order valence-electron chi connectivity index (χ1n) is 6.67. The van der Waals surface area contributed by atoms with Gasteiger partial charge in [-0.25, -0.2) is 4.39 Å². The maximum atomic E-state index is 13.2. The van der Waals surface area contributed by atoms with Crippen molar-refractivity contribution in [3.63, 3.8) is 0 Å². The Labute approximate surface area is 118 Å². The molecule has 0 spiro atoms. The van der Waals surface area contributed by atoms with E-state index in [1.807, 2.05) is 0 Å². The van der Waals surface area contributed by atoms with Crippen molar-refractivity contribution in [1.82, 2.24) is 10.2 Å². The molecule has 2 rings (SSSR count). The van der Waals surface area contributed by atoms with Crippen LogP contribution >= 0.6 is 11.6 Å². The van der Waals surface area contributed by atoms with Crippen LogP contribution in [0, 0.1) is 5.82 Å². The highest BCUT2D eigenvalue weighted by Gasteiger charge is 2.18. The molecule has 1 N–H and O–H groups in total. The van der Waals surface area contributed by atoms with Gasteiger partial charge >= 0.3 is 0 Å². The molecule has 1 aromatic carbocycles. The minimum atomic E-state index is -0.296. The Balaban J connectivity index is 1.76. The molecule has 19 heavy (non-hydrogen) atoms. The molecule has 1 saturated heterocycles. The summed E-state index contributed by atoms with van der Waals surface area (Å²) in [6, 6.07) is 4.59. The van der Waals surface area contributed by atoms with Gasteiger partial charge in [0.2, 0.25) is 0 Å². The molecular weight excluding hydrogens is 267 g/mol.